The summed E-state index contributed by atoms with van der Waals surface area (Å²) in [7, 11) is 0. The number of phenols is 3. The molecule has 1 aliphatic rings. The summed E-state index contributed by atoms with van der Waals surface area (Å²) >= 11 is 0. The maximum absolute atomic E-state index is 9.71. The van der Waals surface area contributed by atoms with Gasteiger partial charge in [-0.3, -0.25) is 0 Å². The quantitative estimate of drug-likeness (QED) is 0.529. The van der Waals surface area contributed by atoms with E-state index < -0.39 is 0 Å². The first-order valence-corrected chi connectivity index (χ1v) is 9.40. The van der Waals surface area contributed by atoms with Crippen molar-refractivity contribution in [2.45, 2.75) is 19.8 Å². The van der Waals surface area contributed by atoms with Crippen LogP contribution < -0.4 is 0 Å². The molecule has 0 aromatic heterocycles. The minimum absolute atomic E-state index is 0.245. The number of hydrogen-bond acceptors (Lipinski definition) is 3. The van der Waals surface area contributed by atoms with E-state index in [1.807, 2.05) is 36.4 Å². The molecular formula is C25H22O3. The van der Waals surface area contributed by atoms with E-state index >= 15 is 0 Å². The molecule has 0 saturated carbocycles. The molecule has 0 spiro atoms. The molecule has 28 heavy (non-hydrogen) atoms. The highest BCUT2D eigenvalue weighted by atomic mass is 16.3. The van der Waals surface area contributed by atoms with Crippen LogP contribution in [0.4, 0.5) is 0 Å². The van der Waals surface area contributed by atoms with Crippen LogP contribution in [-0.2, 0) is 0 Å². The van der Waals surface area contributed by atoms with Gasteiger partial charge < -0.3 is 15.3 Å². The summed E-state index contributed by atoms with van der Waals surface area (Å²) in [5.41, 5.74) is 8.11. The summed E-state index contributed by atoms with van der Waals surface area (Å²) in [6, 6.07) is 22.0. The van der Waals surface area contributed by atoms with E-state index in [-0.39, 0.29) is 17.2 Å². The van der Waals surface area contributed by atoms with Gasteiger partial charge >= 0.3 is 0 Å². The fourth-order valence-electron chi connectivity index (χ4n) is 3.92. The van der Waals surface area contributed by atoms with Crippen LogP contribution in [0.25, 0.3) is 16.7 Å². The molecule has 0 amide bonds. The Morgan fingerprint density at radius 2 is 0.964 bits per heavy atom. The molecule has 0 atom stereocenters. The predicted molar refractivity (Wildman–Crippen MR) is 113 cm³/mol. The minimum Gasteiger partial charge on any atom is -0.508 e. The first-order chi connectivity index (χ1) is 13.6. The molecule has 3 nitrogen and oxygen atoms in total. The fourth-order valence-corrected chi connectivity index (χ4v) is 3.92. The van der Waals surface area contributed by atoms with E-state index in [2.05, 4.69) is 6.92 Å². The summed E-state index contributed by atoms with van der Waals surface area (Å²) in [5.74, 6) is 0.746. The molecule has 0 heterocycles. The molecule has 140 valence electrons. The van der Waals surface area contributed by atoms with Gasteiger partial charge in [0.15, 0.2) is 0 Å². The first-order valence-electron chi connectivity index (χ1n) is 9.40. The van der Waals surface area contributed by atoms with Crippen molar-refractivity contribution < 1.29 is 15.3 Å². The molecule has 3 aromatic carbocycles. The number of phenolic OH excluding ortho intramolecular Hbond substituents is 3. The Morgan fingerprint density at radius 3 is 1.39 bits per heavy atom. The summed E-state index contributed by atoms with van der Waals surface area (Å²) < 4.78 is 0. The van der Waals surface area contributed by atoms with Crippen molar-refractivity contribution in [3.05, 3.63) is 95.1 Å². The summed E-state index contributed by atoms with van der Waals surface area (Å²) in [5, 5.41) is 29.1. The van der Waals surface area contributed by atoms with Crippen molar-refractivity contribution in [3.8, 4) is 17.2 Å². The average Bonchev–Trinajstić information content (AvgIpc) is 3.09. The Bertz CT molecular complexity index is 1050. The van der Waals surface area contributed by atoms with Gasteiger partial charge in [-0.25, -0.2) is 0 Å². The van der Waals surface area contributed by atoms with Crippen LogP contribution in [-0.4, -0.2) is 15.3 Å². The van der Waals surface area contributed by atoms with Gasteiger partial charge in [0, 0.05) is 0 Å². The van der Waals surface area contributed by atoms with Gasteiger partial charge in [0.2, 0.25) is 0 Å². The number of aromatic hydroxyl groups is 3. The third kappa shape index (κ3) is 3.27. The van der Waals surface area contributed by atoms with Gasteiger partial charge in [0.1, 0.15) is 17.2 Å². The lowest BCUT2D eigenvalue weighted by Crippen LogP contribution is -1.91. The van der Waals surface area contributed by atoms with Crippen LogP contribution >= 0.6 is 0 Å². The Kier molecular flexibility index (Phi) is 4.66. The smallest absolute Gasteiger partial charge is 0.115 e. The third-order valence-electron chi connectivity index (χ3n) is 5.26. The number of hydrogen-bond donors (Lipinski definition) is 3. The van der Waals surface area contributed by atoms with E-state index in [0.29, 0.717) is 0 Å². The fraction of sp³-hybridized carbons (Fsp3) is 0.120. The van der Waals surface area contributed by atoms with Gasteiger partial charge in [-0.1, -0.05) is 43.3 Å². The number of allylic oxidation sites excluding steroid dienone is 4. The normalized spacial score (nSPS) is 14.0. The van der Waals surface area contributed by atoms with Crippen molar-refractivity contribution in [2.75, 3.05) is 0 Å². The van der Waals surface area contributed by atoms with Gasteiger partial charge in [-0.15, -0.1) is 0 Å². The van der Waals surface area contributed by atoms with E-state index in [9.17, 15) is 15.3 Å². The second kappa shape index (κ2) is 7.28. The lowest BCUT2D eigenvalue weighted by atomic mass is 9.92. The zero-order valence-electron chi connectivity index (χ0n) is 15.7. The van der Waals surface area contributed by atoms with Crippen molar-refractivity contribution in [1.29, 1.82) is 0 Å². The zero-order chi connectivity index (χ0) is 19.7. The Morgan fingerprint density at radius 1 is 0.571 bits per heavy atom. The van der Waals surface area contributed by atoms with E-state index in [0.717, 1.165) is 29.5 Å². The van der Waals surface area contributed by atoms with Crippen LogP contribution in [0.1, 0.15) is 36.5 Å². The second-order valence-electron chi connectivity index (χ2n) is 6.98. The molecule has 0 aliphatic heterocycles. The van der Waals surface area contributed by atoms with Crippen LogP contribution in [0.15, 0.2) is 78.4 Å². The van der Waals surface area contributed by atoms with E-state index in [1.165, 1.54) is 22.3 Å². The average molecular weight is 370 g/mol. The van der Waals surface area contributed by atoms with E-state index in [1.54, 1.807) is 36.4 Å². The SMILES string of the molecule is CCC1=C(c2ccc(O)cc2)CC(c2ccc(O)cc2)=C1c1ccc(O)cc1. The molecule has 0 saturated heterocycles. The highest BCUT2D eigenvalue weighted by Gasteiger charge is 2.26. The molecule has 3 aromatic rings. The summed E-state index contributed by atoms with van der Waals surface area (Å²) in [6.45, 7) is 2.15. The number of rotatable bonds is 4. The van der Waals surface area contributed by atoms with Gasteiger partial charge in [0.05, 0.1) is 0 Å². The van der Waals surface area contributed by atoms with Crippen LogP contribution in [0.3, 0.4) is 0 Å². The van der Waals surface area contributed by atoms with Crippen molar-refractivity contribution in [1.82, 2.24) is 0 Å². The molecule has 1 aliphatic carbocycles. The largest absolute Gasteiger partial charge is 0.508 e. The molecule has 0 radical (unpaired) electrons. The predicted octanol–water partition coefficient (Wildman–Crippen LogP) is 5.98. The van der Waals surface area contributed by atoms with Gasteiger partial charge in [0.25, 0.3) is 0 Å². The maximum atomic E-state index is 9.71. The first kappa shape index (κ1) is 17.9. The topological polar surface area (TPSA) is 60.7 Å². The van der Waals surface area contributed by atoms with Gasteiger partial charge in [-0.2, -0.15) is 0 Å². The molecule has 3 heteroatoms. The van der Waals surface area contributed by atoms with Crippen molar-refractivity contribution in [2.24, 2.45) is 0 Å². The second-order valence-corrected chi connectivity index (χ2v) is 6.98. The Balaban J connectivity index is 1.90. The monoisotopic (exact) mass is 370 g/mol. The lowest BCUT2D eigenvalue weighted by molar-refractivity contribution is 0.474. The zero-order valence-corrected chi connectivity index (χ0v) is 15.7. The molecule has 3 N–H and O–H groups in total. The molecule has 0 fully saturated rings. The van der Waals surface area contributed by atoms with Crippen molar-refractivity contribution >= 4 is 16.7 Å². The lowest BCUT2D eigenvalue weighted by Gasteiger charge is -2.12. The van der Waals surface area contributed by atoms with Crippen LogP contribution in [0, 0.1) is 0 Å². The Labute approximate surface area is 164 Å². The van der Waals surface area contributed by atoms with Crippen molar-refractivity contribution in [3.63, 3.8) is 0 Å². The standard InChI is InChI=1S/C25H22O3/c1-2-22-23(16-3-9-19(26)10-4-16)15-24(17-5-11-20(27)12-6-17)25(22)18-7-13-21(28)14-8-18/h3-14,26-28H,2,15H2,1H3. The highest BCUT2D eigenvalue weighted by Crippen LogP contribution is 2.48. The minimum atomic E-state index is 0.245. The molecular weight excluding hydrogens is 348 g/mol. The van der Waals surface area contributed by atoms with Crippen LogP contribution in [0.2, 0.25) is 0 Å². The molecule has 0 unspecified atom stereocenters. The molecule has 0 bridgehead atoms. The summed E-state index contributed by atoms with van der Waals surface area (Å²) in [6.07, 6.45) is 1.64. The number of benzene rings is 3. The maximum Gasteiger partial charge on any atom is 0.115 e. The van der Waals surface area contributed by atoms with Gasteiger partial charge in [-0.05, 0) is 88.2 Å². The molecule has 4 rings (SSSR count). The summed E-state index contributed by atoms with van der Waals surface area (Å²) in [4.78, 5) is 0. The third-order valence-corrected chi connectivity index (χ3v) is 5.26. The highest BCUT2D eigenvalue weighted by molar-refractivity contribution is 6.10. The van der Waals surface area contributed by atoms with E-state index in [4.69, 9.17) is 0 Å². The van der Waals surface area contributed by atoms with Crippen LogP contribution in [0.5, 0.6) is 17.2 Å². The Hall–Kier alpha value is -3.46.